The van der Waals surface area contributed by atoms with Crippen LogP contribution in [0.4, 0.5) is 5.95 Å². The highest BCUT2D eigenvalue weighted by Gasteiger charge is 2.12. The smallest absolute Gasteiger partial charge is 0.203 e. The van der Waals surface area contributed by atoms with Crippen molar-refractivity contribution >= 4 is 17.5 Å². The van der Waals surface area contributed by atoms with E-state index in [0.717, 1.165) is 52.9 Å². The van der Waals surface area contributed by atoms with E-state index in [1.165, 1.54) is 0 Å². The van der Waals surface area contributed by atoms with Gasteiger partial charge in [-0.1, -0.05) is 43.1 Å². The molecule has 0 saturated carbocycles. The Hall–Kier alpha value is -2.46. The van der Waals surface area contributed by atoms with E-state index in [9.17, 15) is 0 Å². The molecule has 3 aromatic rings. The summed E-state index contributed by atoms with van der Waals surface area (Å²) in [4.78, 5) is 4.63. The van der Waals surface area contributed by atoms with Crippen molar-refractivity contribution < 1.29 is 4.74 Å². The minimum absolute atomic E-state index is 0.644. The molecule has 3 rings (SSSR count). The van der Waals surface area contributed by atoms with Gasteiger partial charge in [0.2, 0.25) is 5.95 Å². The number of rotatable bonds is 9. The first kappa shape index (κ1) is 19.3. The summed E-state index contributed by atoms with van der Waals surface area (Å²) in [5.41, 5.74) is 3.30. The summed E-state index contributed by atoms with van der Waals surface area (Å²) in [7, 11) is 0. The summed E-state index contributed by atoms with van der Waals surface area (Å²) in [5.74, 6) is 1.75. The molecule has 0 aliphatic heterocycles. The van der Waals surface area contributed by atoms with Gasteiger partial charge >= 0.3 is 0 Å². The highest BCUT2D eigenvalue weighted by Crippen LogP contribution is 2.26. The third-order valence-corrected chi connectivity index (χ3v) is 4.82. The van der Waals surface area contributed by atoms with Crippen molar-refractivity contribution in [1.82, 2.24) is 9.55 Å². The number of nitrogens with one attached hydrogen (secondary N) is 1. The number of anilines is 1. The van der Waals surface area contributed by atoms with Gasteiger partial charge in [-0.3, -0.25) is 0 Å². The van der Waals surface area contributed by atoms with E-state index in [-0.39, 0.29) is 0 Å². The molecule has 2 aromatic carbocycles. The molecule has 1 heterocycles. The van der Waals surface area contributed by atoms with Crippen LogP contribution in [0.5, 0.6) is 5.75 Å². The average molecular weight is 384 g/mol. The number of unbranched alkanes of at least 4 members (excludes halogenated alkanes) is 1. The van der Waals surface area contributed by atoms with Crippen LogP contribution in [0.15, 0.2) is 54.7 Å². The molecule has 1 aromatic heterocycles. The predicted molar refractivity (Wildman–Crippen MR) is 113 cm³/mol. The van der Waals surface area contributed by atoms with Gasteiger partial charge in [0.15, 0.2) is 0 Å². The van der Waals surface area contributed by atoms with Crippen LogP contribution in [-0.4, -0.2) is 16.2 Å². The number of ether oxygens (including phenoxy) is 1. The van der Waals surface area contributed by atoms with E-state index in [1.807, 2.05) is 49.5 Å². The largest absolute Gasteiger partial charge is 0.494 e. The zero-order chi connectivity index (χ0) is 19.1. The second-order valence-electron chi connectivity index (χ2n) is 6.37. The zero-order valence-electron chi connectivity index (χ0n) is 15.9. The van der Waals surface area contributed by atoms with Crippen molar-refractivity contribution in [3.63, 3.8) is 0 Å². The molecule has 0 radical (unpaired) electrons. The normalized spacial score (nSPS) is 10.8. The molecule has 0 spiro atoms. The summed E-state index contributed by atoms with van der Waals surface area (Å²) >= 11 is 6.28. The zero-order valence-corrected chi connectivity index (χ0v) is 16.7. The highest BCUT2D eigenvalue weighted by atomic mass is 35.5. The number of hydrogen-bond acceptors (Lipinski definition) is 3. The predicted octanol–water partition coefficient (Wildman–Crippen LogP) is 6.01. The van der Waals surface area contributed by atoms with Gasteiger partial charge in [-0.05, 0) is 49.2 Å². The van der Waals surface area contributed by atoms with Crippen molar-refractivity contribution in [2.24, 2.45) is 0 Å². The third-order valence-electron chi connectivity index (χ3n) is 4.45. The maximum absolute atomic E-state index is 6.28. The van der Waals surface area contributed by atoms with Gasteiger partial charge in [0.25, 0.3) is 0 Å². The van der Waals surface area contributed by atoms with Gasteiger partial charge < -0.3 is 14.6 Å². The average Bonchev–Trinajstić information content (AvgIpc) is 3.09. The molecule has 0 amide bonds. The molecule has 142 valence electrons. The molecule has 5 heteroatoms. The molecular weight excluding hydrogens is 358 g/mol. The Labute approximate surface area is 166 Å². The van der Waals surface area contributed by atoms with E-state index in [4.69, 9.17) is 16.3 Å². The van der Waals surface area contributed by atoms with Gasteiger partial charge in [-0.25, -0.2) is 4.98 Å². The fraction of sp³-hybridized carbons (Fsp3) is 0.318. The van der Waals surface area contributed by atoms with Gasteiger partial charge in [0.05, 0.1) is 18.5 Å². The summed E-state index contributed by atoms with van der Waals surface area (Å²) in [5, 5.41) is 4.21. The fourth-order valence-electron chi connectivity index (χ4n) is 2.99. The first-order valence-corrected chi connectivity index (χ1v) is 9.86. The van der Waals surface area contributed by atoms with Crippen molar-refractivity contribution in [2.75, 3.05) is 11.9 Å². The van der Waals surface area contributed by atoms with Crippen molar-refractivity contribution in [1.29, 1.82) is 0 Å². The van der Waals surface area contributed by atoms with Gasteiger partial charge in [0.1, 0.15) is 5.75 Å². The molecule has 0 atom stereocenters. The Morgan fingerprint density at radius 1 is 1.07 bits per heavy atom. The van der Waals surface area contributed by atoms with Crippen LogP contribution in [0.25, 0.3) is 11.3 Å². The van der Waals surface area contributed by atoms with Crippen molar-refractivity contribution in [2.45, 2.75) is 39.8 Å². The van der Waals surface area contributed by atoms with E-state index >= 15 is 0 Å². The molecule has 0 unspecified atom stereocenters. The first-order valence-electron chi connectivity index (χ1n) is 9.49. The second-order valence-corrected chi connectivity index (χ2v) is 6.78. The Balaban J connectivity index is 1.83. The van der Waals surface area contributed by atoms with E-state index in [1.54, 1.807) is 0 Å². The summed E-state index contributed by atoms with van der Waals surface area (Å²) in [6, 6.07) is 16.1. The molecule has 0 fully saturated rings. The fourth-order valence-corrected chi connectivity index (χ4v) is 3.20. The summed E-state index contributed by atoms with van der Waals surface area (Å²) in [6.07, 6.45) is 4.16. The van der Waals surface area contributed by atoms with Gasteiger partial charge in [0, 0.05) is 23.7 Å². The maximum atomic E-state index is 6.28. The van der Waals surface area contributed by atoms with Gasteiger partial charge in [-0.2, -0.15) is 0 Å². The number of nitrogens with zero attached hydrogens (tertiary/aromatic N) is 2. The van der Waals surface area contributed by atoms with E-state index in [2.05, 4.69) is 33.9 Å². The Kier molecular flexibility index (Phi) is 6.77. The molecule has 27 heavy (non-hydrogen) atoms. The minimum Gasteiger partial charge on any atom is -0.494 e. The van der Waals surface area contributed by atoms with Crippen LogP contribution in [0.2, 0.25) is 5.02 Å². The number of aromatic nitrogens is 2. The second kappa shape index (κ2) is 9.47. The standard InChI is InChI=1S/C22H26ClN3O/c1-3-5-14-26-21(17-10-12-19(13-11-17)27-4-2)16-25-22(26)24-15-18-8-6-7-9-20(18)23/h6-13,16H,3-5,14-15H2,1-2H3,(H,24,25). The SMILES string of the molecule is CCCCn1c(-c2ccc(OCC)cc2)cnc1NCc1ccccc1Cl. The van der Waals surface area contributed by atoms with Crippen LogP contribution in [0.3, 0.4) is 0 Å². The van der Waals surface area contributed by atoms with E-state index in [0.29, 0.717) is 13.2 Å². The van der Waals surface area contributed by atoms with Crippen LogP contribution >= 0.6 is 11.6 Å². The van der Waals surface area contributed by atoms with Crippen LogP contribution in [0.1, 0.15) is 32.3 Å². The summed E-state index contributed by atoms with van der Waals surface area (Å²) in [6.45, 7) is 6.42. The lowest BCUT2D eigenvalue weighted by molar-refractivity contribution is 0.340. The van der Waals surface area contributed by atoms with Crippen molar-refractivity contribution in [3.8, 4) is 17.0 Å². The number of imidazole rings is 1. The molecule has 0 aliphatic rings. The molecular formula is C22H26ClN3O. The Morgan fingerprint density at radius 2 is 1.85 bits per heavy atom. The summed E-state index contributed by atoms with van der Waals surface area (Å²) < 4.78 is 7.79. The minimum atomic E-state index is 0.644. The van der Waals surface area contributed by atoms with Crippen molar-refractivity contribution in [3.05, 3.63) is 65.3 Å². The van der Waals surface area contributed by atoms with Crippen LogP contribution < -0.4 is 10.1 Å². The molecule has 0 saturated heterocycles. The van der Waals surface area contributed by atoms with Crippen LogP contribution in [-0.2, 0) is 13.1 Å². The first-order chi connectivity index (χ1) is 13.2. The molecule has 0 bridgehead atoms. The van der Waals surface area contributed by atoms with E-state index < -0.39 is 0 Å². The lowest BCUT2D eigenvalue weighted by Crippen LogP contribution is -2.09. The molecule has 4 nitrogen and oxygen atoms in total. The number of halogens is 1. The van der Waals surface area contributed by atoms with Gasteiger partial charge in [-0.15, -0.1) is 0 Å². The van der Waals surface area contributed by atoms with Crippen LogP contribution in [0, 0.1) is 0 Å². The topological polar surface area (TPSA) is 39.1 Å². The number of benzene rings is 2. The molecule has 1 N–H and O–H groups in total. The highest BCUT2D eigenvalue weighted by molar-refractivity contribution is 6.31. The quantitative estimate of drug-likeness (QED) is 0.491. The molecule has 0 aliphatic carbocycles. The maximum Gasteiger partial charge on any atom is 0.203 e. The Morgan fingerprint density at radius 3 is 2.56 bits per heavy atom. The lowest BCUT2D eigenvalue weighted by Gasteiger charge is -2.14. The monoisotopic (exact) mass is 383 g/mol. The lowest BCUT2D eigenvalue weighted by atomic mass is 10.1. The Bertz CT molecular complexity index is 858. The third kappa shape index (κ3) is 4.83. The number of hydrogen-bond donors (Lipinski definition) is 1.